The number of halogens is 1. The first-order chi connectivity index (χ1) is 6.86. The molecule has 0 saturated carbocycles. The minimum atomic E-state index is -0.0175. The van der Waals surface area contributed by atoms with Gasteiger partial charge in [-0.25, -0.2) is 0 Å². The van der Waals surface area contributed by atoms with E-state index in [1.54, 1.807) is 6.20 Å². The van der Waals surface area contributed by atoms with Gasteiger partial charge in [0.05, 0.1) is 11.9 Å². The van der Waals surface area contributed by atoms with E-state index in [1.165, 1.54) is 0 Å². The molecule has 1 unspecified atom stereocenters. The van der Waals surface area contributed by atoms with Crippen molar-refractivity contribution in [3.05, 3.63) is 54.4 Å². The number of hydrogen-bond acceptors (Lipinski definition) is 1. The molecule has 1 aromatic carbocycles. The van der Waals surface area contributed by atoms with Crippen molar-refractivity contribution in [2.24, 2.45) is 0 Å². The first-order valence-corrected chi connectivity index (χ1v) is 4.96. The monoisotopic (exact) mass is 206 g/mol. The molecule has 72 valence electrons. The molecule has 3 heteroatoms. The highest BCUT2D eigenvalue weighted by atomic mass is 35.5. The van der Waals surface area contributed by atoms with Crippen molar-refractivity contribution >= 4 is 11.6 Å². The van der Waals surface area contributed by atoms with Crippen molar-refractivity contribution in [1.82, 2.24) is 9.78 Å². The third-order valence-corrected chi connectivity index (χ3v) is 2.46. The van der Waals surface area contributed by atoms with Gasteiger partial charge in [0.15, 0.2) is 0 Å². The number of alkyl halides is 1. The lowest BCUT2D eigenvalue weighted by Gasteiger charge is -2.09. The van der Waals surface area contributed by atoms with Gasteiger partial charge >= 0.3 is 0 Å². The van der Waals surface area contributed by atoms with Crippen LogP contribution in [0, 0.1) is 0 Å². The Hall–Kier alpha value is -1.28. The van der Waals surface area contributed by atoms with Gasteiger partial charge in [-0.05, 0) is 11.6 Å². The van der Waals surface area contributed by atoms with Crippen molar-refractivity contribution in [3.8, 4) is 0 Å². The van der Waals surface area contributed by atoms with Gasteiger partial charge in [0.2, 0.25) is 0 Å². The predicted molar refractivity (Wildman–Crippen MR) is 57.3 cm³/mol. The van der Waals surface area contributed by atoms with Crippen molar-refractivity contribution in [1.29, 1.82) is 0 Å². The molecular formula is C11H11ClN2. The number of nitrogens with zero attached hydrogens (tertiary/aromatic N) is 2. The lowest BCUT2D eigenvalue weighted by molar-refractivity contribution is 0.601. The standard InChI is InChI=1S/C11H11ClN2/c12-11(9-14-8-4-7-13-14)10-5-2-1-3-6-10/h1-8,11H,9H2. The topological polar surface area (TPSA) is 17.8 Å². The van der Waals surface area contributed by atoms with Crippen LogP contribution in [-0.4, -0.2) is 9.78 Å². The zero-order valence-electron chi connectivity index (χ0n) is 7.68. The van der Waals surface area contributed by atoms with Gasteiger partial charge in [-0.2, -0.15) is 5.10 Å². The second-order valence-corrected chi connectivity index (χ2v) is 3.63. The minimum absolute atomic E-state index is 0.0175. The van der Waals surface area contributed by atoms with E-state index in [4.69, 9.17) is 11.6 Å². The molecule has 2 aromatic rings. The zero-order chi connectivity index (χ0) is 9.80. The molecule has 2 nitrogen and oxygen atoms in total. The van der Waals surface area contributed by atoms with E-state index in [9.17, 15) is 0 Å². The van der Waals surface area contributed by atoms with E-state index in [0.717, 1.165) is 5.56 Å². The molecule has 0 aliphatic carbocycles. The smallest absolute Gasteiger partial charge is 0.0781 e. The fraction of sp³-hybridized carbons (Fsp3) is 0.182. The maximum absolute atomic E-state index is 6.24. The molecule has 0 aliphatic heterocycles. The Balaban J connectivity index is 2.07. The first-order valence-electron chi connectivity index (χ1n) is 4.53. The molecule has 1 heterocycles. The van der Waals surface area contributed by atoms with Gasteiger partial charge in [0, 0.05) is 12.4 Å². The van der Waals surface area contributed by atoms with Gasteiger partial charge in [0.1, 0.15) is 0 Å². The highest BCUT2D eigenvalue weighted by Crippen LogP contribution is 2.21. The highest BCUT2D eigenvalue weighted by molar-refractivity contribution is 6.20. The maximum Gasteiger partial charge on any atom is 0.0781 e. The average Bonchev–Trinajstić information content (AvgIpc) is 2.72. The van der Waals surface area contributed by atoms with Gasteiger partial charge in [0.25, 0.3) is 0 Å². The summed E-state index contributed by atoms with van der Waals surface area (Å²) in [6.45, 7) is 0.707. The second-order valence-electron chi connectivity index (χ2n) is 3.11. The van der Waals surface area contributed by atoms with Gasteiger partial charge in [-0.3, -0.25) is 4.68 Å². The van der Waals surface area contributed by atoms with Crippen LogP contribution >= 0.6 is 11.6 Å². The number of hydrogen-bond donors (Lipinski definition) is 0. The fourth-order valence-electron chi connectivity index (χ4n) is 1.34. The summed E-state index contributed by atoms with van der Waals surface area (Å²) in [6, 6.07) is 11.9. The highest BCUT2D eigenvalue weighted by Gasteiger charge is 2.07. The summed E-state index contributed by atoms with van der Waals surface area (Å²) >= 11 is 6.24. The Morgan fingerprint density at radius 2 is 2.00 bits per heavy atom. The molecule has 0 spiro atoms. The fourth-order valence-corrected chi connectivity index (χ4v) is 1.63. The van der Waals surface area contributed by atoms with Crippen molar-refractivity contribution < 1.29 is 0 Å². The van der Waals surface area contributed by atoms with E-state index in [0.29, 0.717) is 6.54 Å². The van der Waals surface area contributed by atoms with E-state index in [1.807, 2.05) is 47.3 Å². The SMILES string of the molecule is ClC(Cn1cccn1)c1ccccc1. The van der Waals surface area contributed by atoms with Crippen LogP contribution in [0.1, 0.15) is 10.9 Å². The summed E-state index contributed by atoms with van der Waals surface area (Å²) in [7, 11) is 0. The van der Waals surface area contributed by atoms with Crippen molar-refractivity contribution in [2.75, 3.05) is 0 Å². The Bertz CT molecular complexity index is 369. The van der Waals surface area contributed by atoms with Crippen molar-refractivity contribution in [3.63, 3.8) is 0 Å². The quantitative estimate of drug-likeness (QED) is 0.707. The van der Waals surface area contributed by atoms with Crippen LogP contribution in [0.15, 0.2) is 48.8 Å². The van der Waals surface area contributed by atoms with E-state index < -0.39 is 0 Å². The van der Waals surface area contributed by atoms with E-state index in [-0.39, 0.29) is 5.38 Å². The van der Waals surface area contributed by atoms with Crippen LogP contribution in [0.4, 0.5) is 0 Å². The molecule has 0 saturated heterocycles. The minimum Gasteiger partial charge on any atom is -0.271 e. The molecule has 0 amide bonds. The third kappa shape index (κ3) is 2.15. The largest absolute Gasteiger partial charge is 0.271 e. The van der Waals surface area contributed by atoms with Gasteiger partial charge < -0.3 is 0 Å². The summed E-state index contributed by atoms with van der Waals surface area (Å²) in [5.41, 5.74) is 1.13. The lowest BCUT2D eigenvalue weighted by Crippen LogP contribution is -2.04. The average molecular weight is 207 g/mol. The first kappa shape index (κ1) is 9.28. The molecular weight excluding hydrogens is 196 g/mol. The van der Waals surface area contributed by atoms with Gasteiger partial charge in [-0.15, -0.1) is 11.6 Å². The Morgan fingerprint density at radius 1 is 1.21 bits per heavy atom. The van der Waals surface area contributed by atoms with Crippen LogP contribution < -0.4 is 0 Å². The lowest BCUT2D eigenvalue weighted by atomic mass is 10.1. The van der Waals surface area contributed by atoms with E-state index in [2.05, 4.69) is 5.10 Å². The van der Waals surface area contributed by atoms with Crippen LogP contribution in [0.5, 0.6) is 0 Å². The molecule has 0 bridgehead atoms. The second kappa shape index (κ2) is 4.29. The summed E-state index contributed by atoms with van der Waals surface area (Å²) in [5, 5.41) is 4.10. The maximum atomic E-state index is 6.24. The summed E-state index contributed by atoms with van der Waals surface area (Å²) in [4.78, 5) is 0. The van der Waals surface area contributed by atoms with Crippen LogP contribution in [0.3, 0.4) is 0 Å². The summed E-state index contributed by atoms with van der Waals surface area (Å²) in [5.74, 6) is 0. The number of aromatic nitrogens is 2. The molecule has 0 aliphatic rings. The van der Waals surface area contributed by atoms with E-state index >= 15 is 0 Å². The molecule has 0 N–H and O–H groups in total. The molecule has 2 rings (SSSR count). The number of benzene rings is 1. The van der Waals surface area contributed by atoms with Gasteiger partial charge in [-0.1, -0.05) is 30.3 Å². The van der Waals surface area contributed by atoms with Crippen LogP contribution in [0.25, 0.3) is 0 Å². The third-order valence-electron chi connectivity index (χ3n) is 2.07. The Morgan fingerprint density at radius 3 is 2.64 bits per heavy atom. The molecule has 1 aromatic heterocycles. The normalized spacial score (nSPS) is 12.6. The molecule has 14 heavy (non-hydrogen) atoms. The van der Waals surface area contributed by atoms with Crippen molar-refractivity contribution in [2.45, 2.75) is 11.9 Å². The predicted octanol–water partition coefficient (Wildman–Crippen LogP) is 2.86. The Labute approximate surface area is 88.1 Å². The van der Waals surface area contributed by atoms with Crippen LogP contribution in [-0.2, 0) is 6.54 Å². The molecule has 0 fully saturated rings. The molecule has 0 radical (unpaired) electrons. The Kier molecular flexibility index (Phi) is 2.84. The zero-order valence-corrected chi connectivity index (χ0v) is 8.43. The summed E-state index contributed by atoms with van der Waals surface area (Å²) in [6.07, 6.45) is 3.67. The molecule has 1 atom stereocenters. The number of rotatable bonds is 3. The summed E-state index contributed by atoms with van der Waals surface area (Å²) < 4.78 is 1.84. The van der Waals surface area contributed by atoms with Crippen LogP contribution in [0.2, 0.25) is 0 Å².